The molecule has 1 aromatic carbocycles. The minimum absolute atomic E-state index is 0.00572. The van der Waals surface area contributed by atoms with Gasteiger partial charge in [-0.05, 0) is 56.7 Å². The molecule has 1 aliphatic heterocycles. The summed E-state index contributed by atoms with van der Waals surface area (Å²) in [6.07, 6.45) is 2.84. The predicted octanol–water partition coefficient (Wildman–Crippen LogP) is 3.57. The Kier molecular flexibility index (Phi) is 5.42. The highest BCUT2D eigenvalue weighted by atomic mass is 16.6. The number of nitrogens with one attached hydrogen (secondary N) is 1. The van der Waals surface area contributed by atoms with Gasteiger partial charge in [0.05, 0.1) is 23.4 Å². The summed E-state index contributed by atoms with van der Waals surface area (Å²) >= 11 is 0. The lowest BCUT2D eigenvalue weighted by molar-refractivity contribution is -0.385. The van der Waals surface area contributed by atoms with E-state index in [2.05, 4.69) is 5.32 Å². The van der Waals surface area contributed by atoms with Gasteiger partial charge in [-0.15, -0.1) is 0 Å². The molecule has 168 valence electrons. The van der Waals surface area contributed by atoms with Crippen LogP contribution in [0.2, 0.25) is 0 Å². The van der Waals surface area contributed by atoms with Crippen LogP contribution in [0.4, 0.5) is 10.5 Å². The van der Waals surface area contributed by atoms with Crippen molar-refractivity contribution < 1.29 is 23.7 Å². The van der Waals surface area contributed by atoms with Crippen molar-refractivity contribution in [3.05, 3.63) is 86.6 Å². The zero-order chi connectivity index (χ0) is 23.9. The number of nitrogens with zero attached hydrogens (tertiary/aromatic N) is 3. The third-order valence-corrected chi connectivity index (χ3v) is 5.50. The molecule has 3 aromatic rings. The number of imide groups is 2. The Morgan fingerprint density at radius 1 is 1.12 bits per heavy atom. The van der Waals surface area contributed by atoms with Crippen LogP contribution < -0.4 is 5.32 Å². The number of carbonyl (C=O) groups is 3. The molecule has 1 N–H and O–H groups in total. The van der Waals surface area contributed by atoms with Crippen LogP contribution >= 0.6 is 0 Å². The monoisotopic (exact) mass is 448 g/mol. The van der Waals surface area contributed by atoms with Crippen molar-refractivity contribution in [1.82, 2.24) is 14.8 Å². The topological polar surface area (TPSA) is 128 Å². The first-order valence-electron chi connectivity index (χ1n) is 10.0. The fraction of sp³-hybridized carbons (Fsp3) is 0.174. The number of carbonyl (C=O) groups excluding carboxylic acids is 3. The minimum atomic E-state index is -0.823. The maximum Gasteiger partial charge on any atom is 0.331 e. The van der Waals surface area contributed by atoms with Crippen molar-refractivity contribution >= 4 is 29.6 Å². The summed E-state index contributed by atoms with van der Waals surface area (Å²) in [5.74, 6) is -1.14. The van der Waals surface area contributed by atoms with Crippen LogP contribution in [0.5, 0.6) is 0 Å². The minimum Gasteiger partial charge on any atom is -0.467 e. The molecule has 3 heterocycles. The largest absolute Gasteiger partial charge is 0.467 e. The summed E-state index contributed by atoms with van der Waals surface area (Å²) in [7, 11) is 0. The molecule has 0 aliphatic carbocycles. The fourth-order valence-electron chi connectivity index (χ4n) is 3.82. The van der Waals surface area contributed by atoms with Gasteiger partial charge >= 0.3 is 6.03 Å². The summed E-state index contributed by atoms with van der Waals surface area (Å²) in [6.45, 7) is 5.14. The number of urea groups is 1. The van der Waals surface area contributed by atoms with Crippen molar-refractivity contribution in [2.75, 3.05) is 0 Å². The van der Waals surface area contributed by atoms with E-state index in [9.17, 15) is 24.5 Å². The van der Waals surface area contributed by atoms with Gasteiger partial charge in [0.1, 0.15) is 11.3 Å². The van der Waals surface area contributed by atoms with Crippen molar-refractivity contribution in [2.24, 2.45) is 0 Å². The molecule has 0 spiro atoms. The average molecular weight is 448 g/mol. The molecule has 4 rings (SSSR count). The molecule has 1 fully saturated rings. The van der Waals surface area contributed by atoms with Crippen LogP contribution in [0.1, 0.15) is 28.3 Å². The number of nitro benzene ring substituents is 1. The summed E-state index contributed by atoms with van der Waals surface area (Å²) < 4.78 is 7.01. The van der Waals surface area contributed by atoms with Crippen molar-refractivity contribution in [3.8, 4) is 5.69 Å². The second-order valence-corrected chi connectivity index (χ2v) is 7.68. The molecule has 1 saturated heterocycles. The molecule has 0 atom stereocenters. The van der Waals surface area contributed by atoms with Crippen LogP contribution in [0.3, 0.4) is 0 Å². The Hall–Kier alpha value is -4.47. The van der Waals surface area contributed by atoms with Crippen LogP contribution in [-0.2, 0) is 16.1 Å². The lowest BCUT2D eigenvalue weighted by Crippen LogP contribution is -2.53. The number of amides is 4. The van der Waals surface area contributed by atoms with Gasteiger partial charge in [-0.25, -0.2) is 4.79 Å². The van der Waals surface area contributed by atoms with Crippen LogP contribution in [0, 0.1) is 30.9 Å². The molecule has 10 nitrogen and oxygen atoms in total. The van der Waals surface area contributed by atoms with Crippen molar-refractivity contribution in [3.63, 3.8) is 0 Å². The molecule has 2 aromatic heterocycles. The molecule has 0 radical (unpaired) electrons. The number of aromatic nitrogens is 1. The van der Waals surface area contributed by atoms with E-state index < -0.39 is 22.8 Å². The first-order valence-corrected chi connectivity index (χ1v) is 10.0. The predicted molar refractivity (Wildman–Crippen MR) is 117 cm³/mol. The zero-order valence-corrected chi connectivity index (χ0v) is 18.1. The SMILES string of the molecule is Cc1ccc(-n2c(C)cc(/C=C3\C(=O)NC(=O)N(Cc4ccco4)C3=O)c2C)cc1[N+](=O)[O-]. The third kappa shape index (κ3) is 3.93. The van der Waals surface area contributed by atoms with E-state index in [1.165, 1.54) is 18.4 Å². The summed E-state index contributed by atoms with van der Waals surface area (Å²) in [4.78, 5) is 49.4. The molecule has 10 heteroatoms. The second-order valence-electron chi connectivity index (χ2n) is 7.68. The summed E-state index contributed by atoms with van der Waals surface area (Å²) in [6, 6.07) is 9.11. The van der Waals surface area contributed by atoms with E-state index in [1.807, 2.05) is 6.92 Å². The van der Waals surface area contributed by atoms with Crippen molar-refractivity contribution in [1.29, 1.82) is 0 Å². The lowest BCUT2D eigenvalue weighted by atomic mass is 10.1. The van der Waals surface area contributed by atoms with Gasteiger partial charge < -0.3 is 8.98 Å². The van der Waals surface area contributed by atoms with E-state index in [0.29, 0.717) is 28.3 Å². The van der Waals surface area contributed by atoms with E-state index >= 15 is 0 Å². The Morgan fingerprint density at radius 2 is 1.88 bits per heavy atom. The summed E-state index contributed by atoms with van der Waals surface area (Å²) in [5.41, 5.74) is 2.92. The molecule has 0 unspecified atom stereocenters. The van der Waals surface area contributed by atoms with Crippen LogP contribution in [0.15, 0.2) is 52.7 Å². The number of barbiturate groups is 1. The molecule has 1 aliphatic rings. The van der Waals surface area contributed by atoms with Gasteiger partial charge in [0.25, 0.3) is 17.5 Å². The zero-order valence-electron chi connectivity index (χ0n) is 18.1. The number of hydrogen-bond acceptors (Lipinski definition) is 6. The van der Waals surface area contributed by atoms with Crippen LogP contribution in [-0.4, -0.2) is 32.2 Å². The maximum atomic E-state index is 13.0. The highest BCUT2D eigenvalue weighted by Gasteiger charge is 2.36. The van der Waals surface area contributed by atoms with Crippen LogP contribution in [0.25, 0.3) is 11.8 Å². The number of benzene rings is 1. The Labute approximate surface area is 188 Å². The highest BCUT2D eigenvalue weighted by Crippen LogP contribution is 2.28. The first kappa shape index (κ1) is 21.8. The summed E-state index contributed by atoms with van der Waals surface area (Å²) in [5, 5.41) is 13.5. The third-order valence-electron chi connectivity index (χ3n) is 5.50. The van der Waals surface area contributed by atoms with E-state index in [-0.39, 0.29) is 17.8 Å². The standard InChI is InChI=1S/C23H20N4O6/c1-13-6-7-17(11-20(13)27(31)32)26-14(2)9-16(15(26)3)10-19-21(28)24-23(30)25(22(19)29)12-18-5-4-8-33-18/h4-11H,12H2,1-3H3,(H,24,28,30)/b19-10+. The average Bonchev–Trinajstić information content (AvgIpc) is 3.36. The Balaban J connectivity index is 1.73. The quantitative estimate of drug-likeness (QED) is 0.275. The van der Waals surface area contributed by atoms with E-state index in [4.69, 9.17) is 4.42 Å². The smallest absolute Gasteiger partial charge is 0.331 e. The number of hydrogen-bond donors (Lipinski definition) is 1. The fourth-order valence-corrected chi connectivity index (χ4v) is 3.82. The molecular formula is C23H20N4O6. The highest BCUT2D eigenvalue weighted by molar-refractivity contribution is 6.31. The van der Waals surface area contributed by atoms with E-state index in [0.717, 1.165) is 10.6 Å². The second kappa shape index (κ2) is 8.23. The van der Waals surface area contributed by atoms with Gasteiger partial charge in [-0.1, -0.05) is 6.07 Å². The maximum absolute atomic E-state index is 13.0. The molecule has 4 amide bonds. The van der Waals surface area contributed by atoms with Gasteiger partial charge in [0.2, 0.25) is 0 Å². The number of aryl methyl sites for hydroxylation is 2. The molecule has 0 bridgehead atoms. The number of nitro groups is 1. The first-order chi connectivity index (χ1) is 15.7. The van der Waals surface area contributed by atoms with Gasteiger partial charge in [-0.3, -0.25) is 29.9 Å². The molecule has 33 heavy (non-hydrogen) atoms. The Morgan fingerprint density at radius 3 is 2.55 bits per heavy atom. The van der Waals surface area contributed by atoms with Gasteiger partial charge in [-0.2, -0.15) is 0 Å². The Bertz CT molecular complexity index is 1330. The van der Waals surface area contributed by atoms with Gasteiger partial charge in [0.15, 0.2) is 0 Å². The molecular weight excluding hydrogens is 428 g/mol. The van der Waals surface area contributed by atoms with E-state index in [1.54, 1.807) is 48.7 Å². The van der Waals surface area contributed by atoms with Crippen molar-refractivity contribution in [2.45, 2.75) is 27.3 Å². The number of rotatable bonds is 5. The lowest BCUT2D eigenvalue weighted by Gasteiger charge is -2.25. The normalized spacial score (nSPS) is 15.3. The number of furan rings is 1. The molecule has 0 saturated carbocycles. The van der Waals surface area contributed by atoms with Gasteiger partial charge in [0, 0.05) is 23.0 Å².